The minimum Gasteiger partial charge on any atom is -0.368 e. The van der Waals surface area contributed by atoms with E-state index in [2.05, 4.69) is 11.8 Å². The predicted octanol–water partition coefficient (Wildman–Crippen LogP) is 1.73. The molecule has 0 radical (unpaired) electrons. The van der Waals surface area contributed by atoms with Gasteiger partial charge in [0.25, 0.3) is 0 Å². The van der Waals surface area contributed by atoms with Crippen LogP contribution in [0.2, 0.25) is 0 Å². The van der Waals surface area contributed by atoms with Crippen molar-refractivity contribution in [3.8, 4) is 0 Å². The molecule has 1 saturated heterocycles. The summed E-state index contributed by atoms with van der Waals surface area (Å²) in [6, 6.07) is 6.32. The summed E-state index contributed by atoms with van der Waals surface area (Å²) in [7, 11) is 1.67. The van der Waals surface area contributed by atoms with Crippen molar-refractivity contribution in [1.82, 2.24) is 9.80 Å². The average Bonchev–Trinajstić information content (AvgIpc) is 2.59. The Hall–Kier alpha value is -2.11. The summed E-state index contributed by atoms with van der Waals surface area (Å²) >= 11 is 0. The van der Waals surface area contributed by atoms with Crippen molar-refractivity contribution in [2.24, 2.45) is 0 Å². The zero-order valence-electron chi connectivity index (χ0n) is 13.8. The molecule has 1 aromatic carbocycles. The van der Waals surface area contributed by atoms with Gasteiger partial charge in [-0.3, -0.25) is 9.59 Å². The highest BCUT2D eigenvalue weighted by molar-refractivity contribution is 6.34. The largest absolute Gasteiger partial charge is 0.368 e. The number of likely N-dealkylation sites (N-methyl/N-ethyl adjacent to an activating group) is 1. The normalized spacial score (nSPS) is 14.7. The maximum atomic E-state index is 13.0. The molecule has 2 rings (SSSR count). The van der Waals surface area contributed by atoms with Gasteiger partial charge in [-0.1, -0.05) is 13.3 Å². The molecule has 1 aliphatic heterocycles. The van der Waals surface area contributed by atoms with Crippen molar-refractivity contribution in [3.05, 3.63) is 30.1 Å². The highest BCUT2D eigenvalue weighted by Gasteiger charge is 2.28. The number of benzene rings is 1. The molecule has 1 aliphatic rings. The molecule has 0 unspecified atom stereocenters. The fourth-order valence-corrected chi connectivity index (χ4v) is 2.62. The third kappa shape index (κ3) is 4.43. The number of rotatable bonds is 4. The van der Waals surface area contributed by atoms with Crippen molar-refractivity contribution in [2.75, 3.05) is 44.7 Å². The number of nitrogens with zero attached hydrogens (tertiary/aromatic N) is 3. The molecule has 1 aromatic rings. The first-order chi connectivity index (χ1) is 11.0. The van der Waals surface area contributed by atoms with Crippen LogP contribution in [0.25, 0.3) is 0 Å². The Labute approximate surface area is 136 Å². The van der Waals surface area contributed by atoms with Gasteiger partial charge in [0, 0.05) is 45.5 Å². The van der Waals surface area contributed by atoms with Gasteiger partial charge in [-0.2, -0.15) is 0 Å². The zero-order chi connectivity index (χ0) is 16.8. The van der Waals surface area contributed by atoms with Gasteiger partial charge in [0.1, 0.15) is 5.82 Å². The van der Waals surface area contributed by atoms with Crippen molar-refractivity contribution >= 4 is 17.5 Å². The predicted molar refractivity (Wildman–Crippen MR) is 87.7 cm³/mol. The molecule has 0 atom stereocenters. The number of anilines is 1. The van der Waals surface area contributed by atoms with E-state index in [0.717, 1.165) is 18.5 Å². The molecular weight excluding hydrogens is 297 g/mol. The SMILES string of the molecule is CCCCN(C)C(=O)C(=O)N1CCN(c2ccc(F)cc2)CC1. The molecule has 0 aliphatic carbocycles. The molecule has 5 nitrogen and oxygen atoms in total. The highest BCUT2D eigenvalue weighted by atomic mass is 19.1. The first-order valence-electron chi connectivity index (χ1n) is 8.07. The van der Waals surface area contributed by atoms with E-state index < -0.39 is 11.8 Å². The minimum atomic E-state index is -0.436. The maximum absolute atomic E-state index is 13.0. The molecule has 0 bridgehead atoms. The van der Waals surface area contributed by atoms with E-state index in [1.807, 2.05) is 0 Å². The van der Waals surface area contributed by atoms with Crippen LogP contribution in [-0.2, 0) is 9.59 Å². The Morgan fingerprint density at radius 2 is 1.74 bits per heavy atom. The number of hydrogen-bond acceptors (Lipinski definition) is 3. The second-order valence-electron chi connectivity index (χ2n) is 5.84. The summed E-state index contributed by atoms with van der Waals surface area (Å²) in [5.41, 5.74) is 0.935. The van der Waals surface area contributed by atoms with E-state index in [-0.39, 0.29) is 5.82 Å². The second kappa shape index (κ2) is 7.94. The molecule has 6 heteroatoms. The van der Waals surface area contributed by atoms with E-state index in [4.69, 9.17) is 0 Å². The first kappa shape index (κ1) is 17.2. The van der Waals surface area contributed by atoms with Gasteiger partial charge in [-0.05, 0) is 30.7 Å². The Morgan fingerprint density at radius 3 is 2.30 bits per heavy atom. The number of hydrogen-bond donors (Lipinski definition) is 0. The smallest absolute Gasteiger partial charge is 0.312 e. The van der Waals surface area contributed by atoms with Gasteiger partial charge < -0.3 is 14.7 Å². The molecule has 1 fully saturated rings. The zero-order valence-corrected chi connectivity index (χ0v) is 13.8. The summed E-state index contributed by atoms with van der Waals surface area (Å²) < 4.78 is 13.0. The lowest BCUT2D eigenvalue weighted by molar-refractivity contribution is -0.151. The fourth-order valence-electron chi connectivity index (χ4n) is 2.62. The number of carbonyl (C=O) groups excluding carboxylic acids is 2. The van der Waals surface area contributed by atoms with Crippen LogP contribution in [0, 0.1) is 5.82 Å². The summed E-state index contributed by atoms with van der Waals surface area (Å²) in [5.74, 6) is -1.13. The minimum absolute atomic E-state index is 0.261. The van der Waals surface area contributed by atoms with E-state index in [0.29, 0.717) is 32.7 Å². The summed E-state index contributed by atoms with van der Waals surface area (Å²) in [6.07, 6.45) is 1.88. The topological polar surface area (TPSA) is 43.9 Å². The van der Waals surface area contributed by atoms with Crippen molar-refractivity contribution in [2.45, 2.75) is 19.8 Å². The highest BCUT2D eigenvalue weighted by Crippen LogP contribution is 2.17. The number of carbonyl (C=O) groups is 2. The Bertz CT molecular complexity index is 539. The van der Waals surface area contributed by atoms with Crippen LogP contribution in [0.3, 0.4) is 0 Å². The summed E-state index contributed by atoms with van der Waals surface area (Å²) in [4.78, 5) is 29.6. The lowest BCUT2D eigenvalue weighted by Gasteiger charge is -2.36. The second-order valence-corrected chi connectivity index (χ2v) is 5.84. The molecule has 0 saturated carbocycles. The molecule has 126 valence electrons. The monoisotopic (exact) mass is 321 g/mol. The molecule has 0 aromatic heterocycles. The lowest BCUT2D eigenvalue weighted by atomic mass is 10.2. The van der Waals surface area contributed by atoms with Crippen LogP contribution in [0.5, 0.6) is 0 Å². The fraction of sp³-hybridized carbons (Fsp3) is 0.529. The molecule has 23 heavy (non-hydrogen) atoms. The third-order valence-electron chi connectivity index (χ3n) is 4.14. The molecule has 0 spiro atoms. The van der Waals surface area contributed by atoms with Crippen LogP contribution in [0.1, 0.15) is 19.8 Å². The van der Waals surface area contributed by atoms with E-state index in [1.165, 1.54) is 17.0 Å². The van der Waals surface area contributed by atoms with Crippen molar-refractivity contribution in [1.29, 1.82) is 0 Å². The third-order valence-corrected chi connectivity index (χ3v) is 4.14. The Kier molecular flexibility index (Phi) is 5.96. The number of piperazine rings is 1. The average molecular weight is 321 g/mol. The van der Waals surface area contributed by atoms with Gasteiger partial charge in [0.05, 0.1) is 0 Å². The number of unbranched alkanes of at least 4 members (excludes halogenated alkanes) is 1. The van der Waals surface area contributed by atoms with E-state index in [9.17, 15) is 14.0 Å². The van der Waals surface area contributed by atoms with Gasteiger partial charge in [0.2, 0.25) is 0 Å². The van der Waals surface area contributed by atoms with Gasteiger partial charge in [0.15, 0.2) is 0 Å². The van der Waals surface area contributed by atoms with Crippen LogP contribution >= 0.6 is 0 Å². The molecule has 1 heterocycles. The number of amides is 2. The van der Waals surface area contributed by atoms with Crippen molar-refractivity contribution in [3.63, 3.8) is 0 Å². The summed E-state index contributed by atoms with van der Waals surface area (Å²) in [6.45, 7) is 4.95. The van der Waals surface area contributed by atoms with Crippen LogP contribution < -0.4 is 4.90 Å². The van der Waals surface area contributed by atoms with E-state index >= 15 is 0 Å². The maximum Gasteiger partial charge on any atom is 0.312 e. The molecule has 2 amide bonds. The first-order valence-corrected chi connectivity index (χ1v) is 8.07. The van der Waals surface area contributed by atoms with Gasteiger partial charge in [-0.15, -0.1) is 0 Å². The quantitative estimate of drug-likeness (QED) is 0.794. The van der Waals surface area contributed by atoms with Crippen LogP contribution in [-0.4, -0.2) is 61.4 Å². The number of halogens is 1. The molecule has 0 N–H and O–H groups in total. The summed E-state index contributed by atoms with van der Waals surface area (Å²) in [5, 5.41) is 0. The van der Waals surface area contributed by atoms with Gasteiger partial charge >= 0.3 is 11.8 Å². The Morgan fingerprint density at radius 1 is 1.13 bits per heavy atom. The van der Waals surface area contributed by atoms with Crippen LogP contribution in [0.15, 0.2) is 24.3 Å². The standard InChI is InChI=1S/C17H24FN3O2/c1-3-4-9-19(2)16(22)17(23)21-12-10-20(11-13-21)15-7-5-14(18)6-8-15/h5-8H,3-4,9-13H2,1-2H3. The Balaban J connectivity index is 1.87. The molecular formula is C17H24FN3O2. The van der Waals surface area contributed by atoms with Gasteiger partial charge in [-0.25, -0.2) is 4.39 Å². The van der Waals surface area contributed by atoms with E-state index in [1.54, 1.807) is 24.1 Å². The lowest BCUT2D eigenvalue weighted by Crippen LogP contribution is -2.53. The van der Waals surface area contributed by atoms with Crippen LogP contribution in [0.4, 0.5) is 10.1 Å². The van der Waals surface area contributed by atoms with Crippen molar-refractivity contribution < 1.29 is 14.0 Å².